The summed E-state index contributed by atoms with van der Waals surface area (Å²) in [6, 6.07) is -0.426. The summed E-state index contributed by atoms with van der Waals surface area (Å²) in [5.41, 5.74) is 5.61. The smallest absolute Gasteiger partial charge is 0.244 e. The number of hydrogen-bond donors (Lipinski definition) is 2. The maximum absolute atomic E-state index is 11.9. The molecule has 0 aromatic heterocycles. The highest BCUT2D eigenvalue weighted by Crippen LogP contribution is 2.07. The summed E-state index contributed by atoms with van der Waals surface area (Å²) in [5, 5.41) is 2.80. The molecule has 0 radical (unpaired) electrons. The lowest BCUT2D eigenvalue weighted by Crippen LogP contribution is -2.47. The summed E-state index contributed by atoms with van der Waals surface area (Å²) in [6.07, 6.45) is 1.66. The average Bonchev–Trinajstić information content (AvgIpc) is 2.23. The molecule has 5 nitrogen and oxygen atoms in total. The van der Waals surface area contributed by atoms with Gasteiger partial charge in [0, 0.05) is 26.6 Å². The van der Waals surface area contributed by atoms with E-state index in [-0.39, 0.29) is 17.9 Å². The van der Waals surface area contributed by atoms with E-state index in [9.17, 15) is 9.59 Å². The van der Waals surface area contributed by atoms with Gasteiger partial charge in [-0.1, -0.05) is 13.8 Å². The van der Waals surface area contributed by atoms with Crippen LogP contribution in [0.3, 0.4) is 0 Å². The third-order valence-corrected chi connectivity index (χ3v) is 2.61. The second kappa shape index (κ2) is 8.08. The van der Waals surface area contributed by atoms with Crippen molar-refractivity contribution in [2.75, 3.05) is 14.1 Å². The van der Waals surface area contributed by atoms with Crippen LogP contribution in [0.25, 0.3) is 0 Å². The second-order valence-corrected chi connectivity index (χ2v) is 5.50. The number of carbonyl (C=O) groups is 2. The number of nitrogens with two attached hydrogens (primary N) is 1. The van der Waals surface area contributed by atoms with Crippen molar-refractivity contribution in [1.82, 2.24) is 10.2 Å². The Morgan fingerprint density at radius 3 is 2.17 bits per heavy atom. The Balaban J connectivity index is 4.40. The van der Waals surface area contributed by atoms with Crippen LogP contribution in [0.1, 0.15) is 40.0 Å². The summed E-state index contributed by atoms with van der Waals surface area (Å²) in [6.45, 7) is 5.93. The molecule has 2 unspecified atom stereocenters. The molecule has 5 heteroatoms. The quantitative estimate of drug-likeness (QED) is 0.706. The second-order valence-electron chi connectivity index (χ2n) is 5.50. The van der Waals surface area contributed by atoms with Gasteiger partial charge >= 0.3 is 0 Å². The SMILES string of the molecule is CC(C)CC(NC(=O)CCC(C)N)C(=O)N(C)C. The minimum atomic E-state index is -0.430. The summed E-state index contributed by atoms with van der Waals surface area (Å²) in [7, 11) is 3.40. The Kier molecular flexibility index (Phi) is 7.59. The molecule has 0 aromatic carbocycles. The van der Waals surface area contributed by atoms with Crippen molar-refractivity contribution in [1.29, 1.82) is 0 Å². The van der Waals surface area contributed by atoms with E-state index < -0.39 is 6.04 Å². The lowest BCUT2D eigenvalue weighted by Gasteiger charge is -2.23. The van der Waals surface area contributed by atoms with E-state index in [1.54, 1.807) is 14.1 Å². The maximum atomic E-state index is 11.9. The summed E-state index contributed by atoms with van der Waals surface area (Å²) >= 11 is 0. The van der Waals surface area contributed by atoms with Gasteiger partial charge in [-0.25, -0.2) is 0 Å². The van der Waals surface area contributed by atoms with Crippen LogP contribution >= 0.6 is 0 Å². The molecule has 0 rings (SSSR count). The topological polar surface area (TPSA) is 75.4 Å². The van der Waals surface area contributed by atoms with Crippen molar-refractivity contribution in [3.63, 3.8) is 0 Å². The van der Waals surface area contributed by atoms with Gasteiger partial charge in [0.05, 0.1) is 0 Å². The molecule has 0 heterocycles. The van der Waals surface area contributed by atoms with Crippen LogP contribution in [-0.4, -0.2) is 42.9 Å². The fourth-order valence-electron chi connectivity index (χ4n) is 1.63. The predicted molar refractivity (Wildman–Crippen MR) is 73.0 cm³/mol. The van der Waals surface area contributed by atoms with Gasteiger partial charge < -0.3 is 16.0 Å². The summed E-state index contributed by atoms with van der Waals surface area (Å²) in [4.78, 5) is 25.2. The molecule has 0 saturated carbocycles. The Morgan fingerprint density at radius 2 is 1.78 bits per heavy atom. The minimum Gasteiger partial charge on any atom is -0.347 e. The minimum absolute atomic E-state index is 0.00356. The standard InChI is InChI=1S/C13H27N3O2/c1-9(2)8-11(13(18)16(4)5)15-12(17)7-6-10(3)14/h9-11H,6-8,14H2,1-5H3,(H,15,17). The van der Waals surface area contributed by atoms with Crippen LogP contribution < -0.4 is 11.1 Å². The molecule has 0 aliphatic carbocycles. The third kappa shape index (κ3) is 7.27. The Hall–Kier alpha value is -1.10. The summed E-state index contributed by atoms with van der Waals surface area (Å²) < 4.78 is 0. The lowest BCUT2D eigenvalue weighted by atomic mass is 10.0. The van der Waals surface area contributed by atoms with E-state index in [1.165, 1.54) is 4.90 Å². The van der Waals surface area contributed by atoms with E-state index in [0.29, 0.717) is 25.2 Å². The molecular weight excluding hydrogens is 230 g/mol. The first-order chi connectivity index (χ1) is 8.23. The van der Waals surface area contributed by atoms with E-state index in [1.807, 2.05) is 20.8 Å². The number of rotatable bonds is 7. The van der Waals surface area contributed by atoms with Gasteiger partial charge in [-0.05, 0) is 25.7 Å². The lowest BCUT2D eigenvalue weighted by molar-refractivity contribution is -0.134. The fourth-order valence-corrected chi connectivity index (χ4v) is 1.63. The third-order valence-electron chi connectivity index (χ3n) is 2.61. The molecule has 0 bridgehead atoms. The zero-order valence-corrected chi connectivity index (χ0v) is 12.2. The molecule has 2 atom stereocenters. The molecular formula is C13H27N3O2. The normalized spacial score (nSPS) is 14.2. The number of nitrogens with one attached hydrogen (secondary N) is 1. The van der Waals surface area contributed by atoms with Gasteiger partial charge in [0.1, 0.15) is 6.04 Å². The van der Waals surface area contributed by atoms with Gasteiger partial charge in [-0.2, -0.15) is 0 Å². The van der Waals surface area contributed by atoms with E-state index in [4.69, 9.17) is 5.73 Å². The first-order valence-electron chi connectivity index (χ1n) is 6.50. The molecule has 0 spiro atoms. The van der Waals surface area contributed by atoms with Gasteiger partial charge in [0.2, 0.25) is 11.8 Å². The summed E-state index contributed by atoms with van der Waals surface area (Å²) in [5.74, 6) is 0.193. The van der Waals surface area contributed by atoms with Gasteiger partial charge in [-0.15, -0.1) is 0 Å². The first kappa shape index (κ1) is 16.9. The van der Waals surface area contributed by atoms with Gasteiger partial charge in [0.25, 0.3) is 0 Å². The fraction of sp³-hybridized carbons (Fsp3) is 0.846. The Bertz CT molecular complexity index is 275. The molecule has 3 N–H and O–H groups in total. The zero-order chi connectivity index (χ0) is 14.3. The highest BCUT2D eigenvalue weighted by molar-refractivity contribution is 5.87. The average molecular weight is 257 g/mol. The highest BCUT2D eigenvalue weighted by Gasteiger charge is 2.23. The van der Waals surface area contributed by atoms with Crippen molar-refractivity contribution in [3.8, 4) is 0 Å². The van der Waals surface area contributed by atoms with Crippen LogP contribution in [0.4, 0.5) is 0 Å². The molecule has 106 valence electrons. The van der Waals surface area contributed by atoms with Crippen molar-refractivity contribution < 1.29 is 9.59 Å². The predicted octanol–water partition coefficient (Wildman–Crippen LogP) is 0.733. The van der Waals surface area contributed by atoms with Crippen molar-refractivity contribution >= 4 is 11.8 Å². The van der Waals surface area contributed by atoms with Crippen LogP contribution in [0, 0.1) is 5.92 Å². The number of nitrogens with zero attached hydrogens (tertiary/aromatic N) is 1. The van der Waals surface area contributed by atoms with Gasteiger partial charge in [-0.3, -0.25) is 9.59 Å². The molecule has 0 aliphatic heterocycles. The van der Waals surface area contributed by atoms with Crippen LogP contribution in [0.5, 0.6) is 0 Å². The Labute approximate surface area is 110 Å². The van der Waals surface area contributed by atoms with Crippen LogP contribution in [0.15, 0.2) is 0 Å². The molecule has 0 aromatic rings. The number of likely N-dealkylation sites (N-methyl/N-ethyl adjacent to an activating group) is 1. The van der Waals surface area contributed by atoms with Crippen LogP contribution in [-0.2, 0) is 9.59 Å². The molecule has 0 saturated heterocycles. The number of carbonyl (C=O) groups excluding carboxylic acids is 2. The molecule has 18 heavy (non-hydrogen) atoms. The molecule has 0 aliphatic rings. The molecule has 2 amide bonds. The van der Waals surface area contributed by atoms with E-state index in [2.05, 4.69) is 5.32 Å². The number of amides is 2. The monoisotopic (exact) mass is 257 g/mol. The van der Waals surface area contributed by atoms with E-state index in [0.717, 1.165) is 0 Å². The van der Waals surface area contributed by atoms with Crippen molar-refractivity contribution in [2.24, 2.45) is 11.7 Å². The highest BCUT2D eigenvalue weighted by atomic mass is 16.2. The largest absolute Gasteiger partial charge is 0.347 e. The van der Waals surface area contributed by atoms with Crippen LogP contribution in [0.2, 0.25) is 0 Å². The molecule has 0 fully saturated rings. The first-order valence-corrected chi connectivity index (χ1v) is 6.50. The zero-order valence-electron chi connectivity index (χ0n) is 12.2. The number of hydrogen-bond acceptors (Lipinski definition) is 3. The Morgan fingerprint density at radius 1 is 1.22 bits per heavy atom. The maximum Gasteiger partial charge on any atom is 0.244 e. The van der Waals surface area contributed by atoms with E-state index >= 15 is 0 Å². The van der Waals surface area contributed by atoms with Crippen molar-refractivity contribution in [3.05, 3.63) is 0 Å². The van der Waals surface area contributed by atoms with Gasteiger partial charge in [0.15, 0.2) is 0 Å². The van der Waals surface area contributed by atoms with Crippen molar-refractivity contribution in [2.45, 2.75) is 52.1 Å².